The normalized spacial score (nSPS) is 10.5. The molecule has 0 spiro atoms. The summed E-state index contributed by atoms with van der Waals surface area (Å²) in [6.45, 7) is 4.49. The lowest BCUT2D eigenvalue weighted by atomic mass is 10.1. The summed E-state index contributed by atoms with van der Waals surface area (Å²) in [5, 5.41) is 10.6. The van der Waals surface area contributed by atoms with Crippen LogP contribution >= 0.6 is 15.9 Å². The van der Waals surface area contributed by atoms with Gasteiger partial charge < -0.3 is 14.7 Å². The second-order valence-corrected chi connectivity index (χ2v) is 4.96. The molecule has 0 atom stereocenters. The quantitative estimate of drug-likeness (QED) is 0.850. The molecule has 0 aliphatic heterocycles. The van der Waals surface area contributed by atoms with E-state index in [4.69, 9.17) is 4.74 Å². The third-order valence-electron chi connectivity index (χ3n) is 2.64. The molecule has 100 valence electrons. The number of carbonyl (C=O) groups excluding carboxylic acids is 1. The van der Waals surface area contributed by atoms with Crippen molar-refractivity contribution in [3.05, 3.63) is 23.8 Å². The standard InChI is InChI=1S/C13H18BrNO3/c1-9(2)15(7-6-14)13(17)11-5-4-10(18-3)8-12(11)16/h4-5,8-9,16H,6-7H2,1-3H3. The van der Waals surface area contributed by atoms with Crippen LogP contribution < -0.4 is 4.74 Å². The maximum atomic E-state index is 12.3. The third kappa shape index (κ3) is 3.38. The van der Waals surface area contributed by atoms with Crippen molar-refractivity contribution in [3.63, 3.8) is 0 Å². The van der Waals surface area contributed by atoms with Crippen LogP contribution in [-0.4, -0.2) is 40.9 Å². The van der Waals surface area contributed by atoms with Crippen molar-refractivity contribution in [1.29, 1.82) is 0 Å². The average molecular weight is 316 g/mol. The van der Waals surface area contributed by atoms with E-state index >= 15 is 0 Å². The summed E-state index contributed by atoms with van der Waals surface area (Å²) in [5.74, 6) is 0.296. The number of hydrogen-bond acceptors (Lipinski definition) is 3. The van der Waals surface area contributed by atoms with Crippen LogP contribution in [0.4, 0.5) is 0 Å². The average Bonchev–Trinajstić information content (AvgIpc) is 2.34. The number of halogens is 1. The number of phenols is 1. The molecule has 0 fully saturated rings. The highest BCUT2D eigenvalue weighted by molar-refractivity contribution is 9.09. The van der Waals surface area contributed by atoms with Gasteiger partial charge in [-0.1, -0.05) is 15.9 Å². The Morgan fingerprint density at radius 1 is 1.50 bits per heavy atom. The predicted molar refractivity (Wildman–Crippen MR) is 74.6 cm³/mol. The number of alkyl halides is 1. The van der Waals surface area contributed by atoms with Gasteiger partial charge >= 0.3 is 0 Å². The van der Waals surface area contributed by atoms with E-state index in [1.54, 1.807) is 17.0 Å². The molecule has 0 aliphatic rings. The second kappa shape index (κ2) is 6.64. The van der Waals surface area contributed by atoms with E-state index in [1.165, 1.54) is 13.2 Å². The van der Waals surface area contributed by atoms with Crippen LogP contribution in [0.1, 0.15) is 24.2 Å². The number of phenolic OH excluding ortho intramolecular Hbond substituents is 1. The van der Waals surface area contributed by atoms with Gasteiger partial charge in [0.25, 0.3) is 5.91 Å². The lowest BCUT2D eigenvalue weighted by molar-refractivity contribution is 0.0716. The molecule has 1 amide bonds. The molecule has 0 aliphatic carbocycles. The van der Waals surface area contributed by atoms with E-state index in [2.05, 4.69) is 15.9 Å². The van der Waals surface area contributed by atoms with Crippen LogP contribution in [0, 0.1) is 0 Å². The first-order chi connectivity index (χ1) is 8.51. The summed E-state index contributed by atoms with van der Waals surface area (Å²) in [6.07, 6.45) is 0. The van der Waals surface area contributed by atoms with Gasteiger partial charge in [0, 0.05) is 24.0 Å². The number of carbonyl (C=O) groups is 1. The summed E-state index contributed by atoms with van der Waals surface area (Å²) in [4.78, 5) is 14.0. The van der Waals surface area contributed by atoms with Gasteiger partial charge in [-0.3, -0.25) is 4.79 Å². The summed E-state index contributed by atoms with van der Waals surface area (Å²) in [6, 6.07) is 4.77. The zero-order chi connectivity index (χ0) is 13.7. The maximum absolute atomic E-state index is 12.3. The van der Waals surface area contributed by atoms with Crippen molar-refractivity contribution >= 4 is 21.8 Å². The Kier molecular flexibility index (Phi) is 5.47. The zero-order valence-electron chi connectivity index (χ0n) is 10.8. The van der Waals surface area contributed by atoms with Crippen LogP contribution in [0.3, 0.4) is 0 Å². The largest absolute Gasteiger partial charge is 0.507 e. The first-order valence-corrected chi connectivity index (χ1v) is 6.87. The molecule has 0 radical (unpaired) electrons. The molecular weight excluding hydrogens is 298 g/mol. The van der Waals surface area contributed by atoms with E-state index in [1.807, 2.05) is 13.8 Å². The molecule has 1 aromatic rings. The van der Waals surface area contributed by atoms with Crippen LogP contribution in [0.2, 0.25) is 0 Å². The number of nitrogens with zero attached hydrogens (tertiary/aromatic N) is 1. The molecular formula is C13H18BrNO3. The monoisotopic (exact) mass is 315 g/mol. The SMILES string of the molecule is COc1ccc(C(=O)N(CCBr)C(C)C)c(O)c1. The number of ether oxygens (including phenoxy) is 1. The van der Waals surface area contributed by atoms with Crippen molar-refractivity contribution in [1.82, 2.24) is 4.90 Å². The van der Waals surface area contributed by atoms with Gasteiger partial charge in [0.2, 0.25) is 0 Å². The Hall–Kier alpha value is -1.23. The van der Waals surface area contributed by atoms with Crippen LogP contribution in [0.5, 0.6) is 11.5 Å². The lowest BCUT2D eigenvalue weighted by Crippen LogP contribution is -2.38. The predicted octanol–water partition coefficient (Wildman–Crippen LogP) is 2.65. The van der Waals surface area contributed by atoms with Crippen LogP contribution in [0.25, 0.3) is 0 Å². The van der Waals surface area contributed by atoms with Crippen molar-refractivity contribution in [2.75, 3.05) is 19.0 Å². The molecule has 1 aromatic carbocycles. The highest BCUT2D eigenvalue weighted by atomic mass is 79.9. The number of aromatic hydroxyl groups is 1. The molecule has 18 heavy (non-hydrogen) atoms. The van der Waals surface area contributed by atoms with Gasteiger partial charge in [0.05, 0.1) is 12.7 Å². The zero-order valence-corrected chi connectivity index (χ0v) is 12.4. The highest BCUT2D eigenvalue weighted by Crippen LogP contribution is 2.25. The first kappa shape index (κ1) is 14.8. The van der Waals surface area contributed by atoms with E-state index in [0.717, 1.165) is 0 Å². The van der Waals surface area contributed by atoms with Gasteiger partial charge in [-0.05, 0) is 26.0 Å². The Balaban J connectivity index is 3.01. The molecule has 1 rings (SSSR count). The number of benzene rings is 1. The smallest absolute Gasteiger partial charge is 0.257 e. The second-order valence-electron chi connectivity index (χ2n) is 4.16. The van der Waals surface area contributed by atoms with Gasteiger partial charge in [-0.2, -0.15) is 0 Å². The Labute approximate surface area is 116 Å². The molecule has 0 saturated carbocycles. The van der Waals surface area contributed by atoms with Crippen molar-refractivity contribution in [3.8, 4) is 11.5 Å². The van der Waals surface area contributed by atoms with E-state index in [9.17, 15) is 9.90 Å². The van der Waals surface area contributed by atoms with E-state index in [0.29, 0.717) is 23.2 Å². The molecule has 5 heteroatoms. The summed E-state index contributed by atoms with van der Waals surface area (Å²) in [7, 11) is 1.52. The van der Waals surface area contributed by atoms with E-state index < -0.39 is 0 Å². The Morgan fingerprint density at radius 3 is 2.61 bits per heavy atom. The Morgan fingerprint density at radius 2 is 2.17 bits per heavy atom. The Bertz CT molecular complexity index is 421. The van der Waals surface area contributed by atoms with Gasteiger partial charge in [0.15, 0.2) is 0 Å². The minimum atomic E-state index is -0.176. The maximum Gasteiger partial charge on any atom is 0.257 e. The topological polar surface area (TPSA) is 49.8 Å². The lowest BCUT2D eigenvalue weighted by Gasteiger charge is -2.26. The third-order valence-corrected chi connectivity index (χ3v) is 3.00. The number of rotatable bonds is 5. The minimum Gasteiger partial charge on any atom is -0.507 e. The summed E-state index contributed by atoms with van der Waals surface area (Å²) in [5.41, 5.74) is 0.297. The number of hydrogen-bond donors (Lipinski definition) is 1. The molecule has 0 saturated heterocycles. The fourth-order valence-corrected chi connectivity index (χ4v) is 2.04. The number of amides is 1. The van der Waals surface area contributed by atoms with Gasteiger partial charge in [-0.25, -0.2) is 0 Å². The molecule has 4 nitrogen and oxygen atoms in total. The van der Waals surface area contributed by atoms with Crippen molar-refractivity contribution in [2.24, 2.45) is 0 Å². The summed E-state index contributed by atoms with van der Waals surface area (Å²) < 4.78 is 4.99. The molecule has 0 unspecified atom stereocenters. The van der Waals surface area contributed by atoms with Crippen molar-refractivity contribution < 1.29 is 14.6 Å². The fraction of sp³-hybridized carbons (Fsp3) is 0.462. The molecule has 0 aromatic heterocycles. The summed E-state index contributed by atoms with van der Waals surface area (Å²) >= 11 is 3.32. The van der Waals surface area contributed by atoms with E-state index in [-0.39, 0.29) is 17.7 Å². The van der Waals surface area contributed by atoms with Crippen molar-refractivity contribution in [2.45, 2.75) is 19.9 Å². The van der Waals surface area contributed by atoms with Gasteiger partial charge in [0.1, 0.15) is 11.5 Å². The number of methoxy groups -OCH3 is 1. The van der Waals surface area contributed by atoms with Crippen LogP contribution in [-0.2, 0) is 0 Å². The highest BCUT2D eigenvalue weighted by Gasteiger charge is 2.21. The molecule has 0 bridgehead atoms. The first-order valence-electron chi connectivity index (χ1n) is 5.75. The minimum absolute atomic E-state index is 0.0560. The molecule has 1 N–H and O–H groups in total. The van der Waals surface area contributed by atoms with Gasteiger partial charge in [-0.15, -0.1) is 0 Å². The van der Waals surface area contributed by atoms with Crippen LogP contribution in [0.15, 0.2) is 18.2 Å². The fourth-order valence-electron chi connectivity index (χ4n) is 1.66. The molecule has 0 heterocycles.